The van der Waals surface area contributed by atoms with Gasteiger partial charge in [0.1, 0.15) is 0 Å². The van der Waals surface area contributed by atoms with Gasteiger partial charge in [0, 0.05) is 18.8 Å². The fourth-order valence-electron chi connectivity index (χ4n) is 2.59. The Hall–Kier alpha value is -0.890. The highest BCUT2D eigenvalue weighted by atomic mass is 14.9. The molecule has 2 nitrogen and oxygen atoms in total. The number of pyridine rings is 1. The molecule has 19 heavy (non-hydrogen) atoms. The topological polar surface area (TPSA) is 24.9 Å². The maximum absolute atomic E-state index is 4.52. The third kappa shape index (κ3) is 6.20. The third-order valence-corrected chi connectivity index (χ3v) is 3.44. The molecule has 1 heterocycles. The van der Waals surface area contributed by atoms with Crippen LogP contribution >= 0.6 is 0 Å². The van der Waals surface area contributed by atoms with E-state index in [0.29, 0.717) is 6.04 Å². The van der Waals surface area contributed by atoms with Gasteiger partial charge in [-0.1, -0.05) is 40.7 Å². The Labute approximate surface area is 119 Å². The molecular formula is C17H30N2. The largest absolute Gasteiger partial charge is 0.308 e. The summed E-state index contributed by atoms with van der Waals surface area (Å²) in [5.41, 5.74) is 2.57. The number of aryl methyl sites for hydroxylation is 1. The zero-order chi connectivity index (χ0) is 14.3. The van der Waals surface area contributed by atoms with Gasteiger partial charge < -0.3 is 5.32 Å². The van der Waals surface area contributed by atoms with Gasteiger partial charge in [-0.2, -0.15) is 0 Å². The van der Waals surface area contributed by atoms with E-state index < -0.39 is 0 Å². The Kier molecular flexibility index (Phi) is 7.07. The molecule has 0 aliphatic rings. The van der Waals surface area contributed by atoms with Crippen molar-refractivity contribution in [3.05, 3.63) is 29.6 Å². The average Bonchev–Trinajstić information content (AvgIpc) is 2.35. The first-order valence-electron chi connectivity index (χ1n) is 7.69. The second-order valence-electron chi connectivity index (χ2n) is 6.30. The maximum atomic E-state index is 4.52. The number of hydrogen-bond donors (Lipinski definition) is 1. The number of aromatic nitrogens is 1. The lowest BCUT2D eigenvalue weighted by atomic mass is 9.95. The molecule has 0 spiro atoms. The fraction of sp³-hybridized carbons (Fsp3) is 0.706. The summed E-state index contributed by atoms with van der Waals surface area (Å²) < 4.78 is 0. The Bertz CT molecular complexity index is 348. The molecule has 0 bridgehead atoms. The molecular weight excluding hydrogens is 232 g/mol. The van der Waals surface area contributed by atoms with Gasteiger partial charge in [-0.3, -0.25) is 4.98 Å². The van der Waals surface area contributed by atoms with Crippen LogP contribution in [0.25, 0.3) is 0 Å². The molecule has 1 rings (SSSR count). The summed E-state index contributed by atoms with van der Waals surface area (Å²) >= 11 is 0. The van der Waals surface area contributed by atoms with Crippen LogP contribution in [0.15, 0.2) is 18.3 Å². The zero-order valence-electron chi connectivity index (χ0n) is 13.2. The molecule has 0 unspecified atom stereocenters. The van der Waals surface area contributed by atoms with E-state index in [1.165, 1.54) is 24.1 Å². The van der Waals surface area contributed by atoms with Crippen molar-refractivity contribution in [1.82, 2.24) is 10.3 Å². The molecule has 0 radical (unpaired) electrons. The van der Waals surface area contributed by atoms with Gasteiger partial charge in [-0.05, 0) is 42.7 Å². The van der Waals surface area contributed by atoms with Crippen LogP contribution < -0.4 is 5.32 Å². The van der Waals surface area contributed by atoms with Crippen LogP contribution in [-0.4, -0.2) is 11.0 Å². The first-order valence-corrected chi connectivity index (χ1v) is 7.69. The monoisotopic (exact) mass is 262 g/mol. The summed E-state index contributed by atoms with van der Waals surface area (Å²) in [5, 5.41) is 3.71. The number of nitrogens with one attached hydrogen (secondary N) is 1. The van der Waals surface area contributed by atoms with Crippen LogP contribution in [0.4, 0.5) is 0 Å². The molecule has 1 N–H and O–H groups in total. The van der Waals surface area contributed by atoms with E-state index in [4.69, 9.17) is 0 Å². The van der Waals surface area contributed by atoms with Crippen LogP contribution in [0.2, 0.25) is 0 Å². The summed E-state index contributed by atoms with van der Waals surface area (Å²) in [7, 11) is 0. The third-order valence-electron chi connectivity index (χ3n) is 3.44. The van der Waals surface area contributed by atoms with Gasteiger partial charge in [0.2, 0.25) is 0 Å². The lowest BCUT2D eigenvalue weighted by molar-refractivity contribution is 0.357. The molecule has 0 aliphatic carbocycles. The predicted octanol–water partition coefficient (Wildman–Crippen LogP) is 4.19. The number of nitrogens with zero attached hydrogens (tertiary/aromatic N) is 1. The van der Waals surface area contributed by atoms with Gasteiger partial charge in [-0.15, -0.1) is 0 Å². The summed E-state index contributed by atoms with van der Waals surface area (Å²) in [6, 6.07) is 4.82. The molecule has 0 aliphatic heterocycles. The Morgan fingerprint density at radius 3 is 2.26 bits per heavy atom. The zero-order valence-corrected chi connectivity index (χ0v) is 13.2. The summed E-state index contributed by atoms with van der Waals surface area (Å²) in [4.78, 5) is 4.52. The molecule has 1 aromatic rings. The average molecular weight is 262 g/mol. The van der Waals surface area contributed by atoms with Gasteiger partial charge in [0.15, 0.2) is 0 Å². The summed E-state index contributed by atoms with van der Waals surface area (Å²) in [6.45, 7) is 12.3. The Balaban J connectivity index is 2.59. The van der Waals surface area contributed by atoms with E-state index in [1.54, 1.807) is 0 Å². The van der Waals surface area contributed by atoms with Crippen molar-refractivity contribution >= 4 is 0 Å². The van der Waals surface area contributed by atoms with Crippen molar-refractivity contribution < 1.29 is 0 Å². The van der Waals surface area contributed by atoms with E-state index in [-0.39, 0.29) is 0 Å². The minimum absolute atomic E-state index is 0.603. The lowest BCUT2D eigenvalue weighted by Gasteiger charge is -2.23. The Morgan fingerprint density at radius 1 is 1.11 bits per heavy atom. The highest BCUT2D eigenvalue weighted by molar-refractivity contribution is 5.19. The van der Waals surface area contributed by atoms with Crippen molar-refractivity contribution in [2.24, 2.45) is 11.8 Å². The smallest absolute Gasteiger partial charge is 0.0573 e. The normalized spacial score (nSPS) is 11.8. The second kappa shape index (κ2) is 8.31. The van der Waals surface area contributed by atoms with Crippen LogP contribution in [0.3, 0.4) is 0 Å². The molecule has 0 amide bonds. The van der Waals surface area contributed by atoms with Crippen molar-refractivity contribution in [3.8, 4) is 0 Å². The SMILES string of the molecule is CCc1cccnc1CNC(CC(C)C)CC(C)C. The Morgan fingerprint density at radius 2 is 1.74 bits per heavy atom. The number of rotatable bonds is 8. The summed E-state index contributed by atoms with van der Waals surface area (Å²) in [5.74, 6) is 1.48. The molecule has 108 valence electrons. The minimum atomic E-state index is 0.603. The van der Waals surface area contributed by atoms with Crippen LogP contribution in [0.1, 0.15) is 58.7 Å². The molecule has 0 atom stereocenters. The molecule has 0 saturated heterocycles. The van der Waals surface area contributed by atoms with Crippen molar-refractivity contribution in [2.45, 2.75) is 66.5 Å². The van der Waals surface area contributed by atoms with E-state index >= 15 is 0 Å². The summed E-state index contributed by atoms with van der Waals surface area (Å²) in [6.07, 6.45) is 5.44. The molecule has 0 saturated carbocycles. The molecule has 0 fully saturated rings. The van der Waals surface area contributed by atoms with Crippen molar-refractivity contribution in [2.75, 3.05) is 0 Å². The van der Waals surface area contributed by atoms with E-state index in [2.05, 4.69) is 51.0 Å². The molecule has 1 aromatic heterocycles. The maximum Gasteiger partial charge on any atom is 0.0573 e. The fourth-order valence-corrected chi connectivity index (χ4v) is 2.59. The number of hydrogen-bond acceptors (Lipinski definition) is 2. The van der Waals surface area contributed by atoms with Crippen LogP contribution in [0, 0.1) is 11.8 Å². The van der Waals surface area contributed by atoms with Crippen LogP contribution in [0.5, 0.6) is 0 Å². The highest BCUT2D eigenvalue weighted by Gasteiger charge is 2.13. The van der Waals surface area contributed by atoms with Crippen molar-refractivity contribution in [1.29, 1.82) is 0 Å². The highest BCUT2D eigenvalue weighted by Crippen LogP contribution is 2.14. The molecule has 2 heteroatoms. The van der Waals surface area contributed by atoms with Gasteiger partial charge in [0.05, 0.1) is 5.69 Å². The van der Waals surface area contributed by atoms with Gasteiger partial charge >= 0.3 is 0 Å². The first-order chi connectivity index (χ1) is 9.02. The van der Waals surface area contributed by atoms with Crippen molar-refractivity contribution in [3.63, 3.8) is 0 Å². The minimum Gasteiger partial charge on any atom is -0.308 e. The first kappa shape index (κ1) is 16.2. The lowest BCUT2D eigenvalue weighted by Crippen LogP contribution is -2.32. The van der Waals surface area contributed by atoms with Gasteiger partial charge in [-0.25, -0.2) is 0 Å². The van der Waals surface area contributed by atoms with Gasteiger partial charge in [0.25, 0.3) is 0 Å². The quantitative estimate of drug-likeness (QED) is 0.759. The van der Waals surface area contributed by atoms with E-state index in [9.17, 15) is 0 Å². The van der Waals surface area contributed by atoms with Crippen LogP contribution in [-0.2, 0) is 13.0 Å². The van der Waals surface area contributed by atoms with E-state index in [0.717, 1.165) is 24.8 Å². The standard InChI is InChI=1S/C17H30N2/c1-6-15-8-7-9-18-17(15)12-19-16(10-13(2)3)11-14(4)5/h7-9,13-14,16,19H,6,10-12H2,1-5H3. The second-order valence-corrected chi connectivity index (χ2v) is 6.30. The van der Waals surface area contributed by atoms with E-state index in [1.807, 2.05) is 12.3 Å². The molecule has 0 aromatic carbocycles. The predicted molar refractivity (Wildman–Crippen MR) is 83.2 cm³/mol.